The number of benzene rings is 1. The van der Waals surface area contributed by atoms with Crippen LogP contribution in [-0.4, -0.2) is 14.6 Å². The van der Waals surface area contributed by atoms with Crippen molar-refractivity contribution < 1.29 is 0 Å². The van der Waals surface area contributed by atoms with E-state index in [0.29, 0.717) is 0 Å². The predicted octanol–water partition coefficient (Wildman–Crippen LogP) is 3.66. The van der Waals surface area contributed by atoms with Crippen molar-refractivity contribution in [3.05, 3.63) is 52.6 Å². The third kappa shape index (κ3) is 2.59. The van der Waals surface area contributed by atoms with Crippen LogP contribution in [0.2, 0.25) is 0 Å². The zero-order valence-corrected chi connectivity index (χ0v) is 13.2. The summed E-state index contributed by atoms with van der Waals surface area (Å²) in [6.07, 6.45) is 1.96. The molecule has 0 saturated carbocycles. The van der Waals surface area contributed by atoms with Crippen LogP contribution in [0, 0.1) is 0 Å². The average Bonchev–Trinajstić information content (AvgIpc) is 2.84. The van der Waals surface area contributed by atoms with Crippen LogP contribution in [0.15, 0.2) is 57.1 Å². The maximum Gasteiger partial charge on any atom is 0.200 e. The Bertz CT molecular complexity index is 754. The van der Waals surface area contributed by atoms with Gasteiger partial charge in [0, 0.05) is 21.6 Å². The molecule has 0 radical (unpaired) electrons. The first-order chi connectivity index (χ1) is 9.65. The van der Waals surface area contributed by atoms with E-state index in [0.717, 1.165) is 25.7 Å². The Morgan fingerprint density at radius 2 is 2.10 bits per heavy atom. The molecule has 1 aromatic carbocycles. The fourth-order valence-electron chi connectivity index (χ4n) is 1.87. The Morgan fingerprint density at radius 1 is 1.25 bits per heavy atom. The standard InChI is InChI=1S/C14H13BrN4S/c1-9(16)10-5-6-12(11(15)8-10)20-14-18-17-13-4-2-3-7-19(13)14/h2-9H,16H2,1H3/t9-/m0/s1. The van der Waals surface area contributed by atoms with Crippen LogP contribution >= 0.6 is 27.7 Å². The van der Waals surface area contributed by atoms with Crippen molar-refractivity contribution in [1.29, 1.82) is 0 Å². The van der Waals surface area contributed by atoms with Crippen molar-refractivity contribution in [2.75, 3.05) is 0 Å². The maximum absolute atomic E-state index is 5.89. The Labute approximate surface area is 129 Å². The fraction of sp³-hybridized carbons (Fsp3) is 0.143. The number of nitrogens with two attached hydrogens (primary N) is 1. The first-order valence-electron chi connectivity index (χ1n) is 6.18. The molecule has 2 N–H and O–H groups in total. The third-order valence-corrected chi connectivity index (χ3v) is 4.92. The maximum atomic E-state index is 5.89. The Hall–Kier alpha value is -1.37. The highest BCUT2D eigenvalue weighted by molar-refractivity contribution is 9.10. The van der Waals surface area contributed by atoms with Gasteiger partial charge in [0.25, 0.3) is 0 Å². The van der Waals surface area contributed by atoms with E-state index in [2.05, 4.69) is 38.3 Å². The number of rotatable bonds is 3. The zero-order valence-electron chi connectivity index (χ0n) is 10.8. The van der Waals surface area contributed by atoms with Gasteiger partial charge in [0.15, 0.2) is 10.8 Å². The molecule has 2 heterocycles. The van der Waals surface area contributed by atoms with Gasteiger partial charge in [-0.25, -0.2) is 0 Å². The smallest absolute Gasteiger partial charge is 0.200 e. The second kappa shape index (κ2) is 5.55. The number of hydrogen-bond acceptors (Lipinski definition) is 4. The van der Waals surface area contributed by atoms with Crippen LogP contribution in [-0.2, 0) is 0 Å². The molecule has 6 heteroatoms. The lowest BCUT2D eigenvalue weighted by Gasteiger charge is -2.08. The van der Waals surface area contributed by atoms with Gasteiger partial charge in [-0.1, -0.05) is 12.1 Å². The van der Waals surface area contributed by atoms with Crippen LogP contribution in [0.4, 0.5) is 0 Å². The van der Waals surface area contributed by atoms with Crippen molar-refractivity contribution in [2.45, 2.75) is 23.0 Å². The number of nitrogens with zero attached hydrogens (tertiary/aromatic N) is 3. The zero-order chi connectivity index (χ0) is 14.1. The lowest BCUT2D eigenvalue weighted by atomic mass is 10.1. The van der Waals surface area contributed by atoms with Gasteiger partial charge in [-0.2, -0.15) is 0 Å². The Balaban J connectivity index is 1.95. The molecule has 0 aliphatic carbocycles. The largest absolute Gasteiger partial charge is 0.324 e. The highest BCUT2D eigenvalue weighted by atomic mass is 79.9. The SMILES string of the molecule is C[C@H](N)c1ccc(Sc2nnc3ccccn23)c(Br)c1. The van der Waals surface area contributed by atoms with Crippen LogP contribution in [0.25, 0.3) is 5.65 Å². The lowest BCUT2D eigenvalue weighted by Crippen LogP contribution is -2.04. The molecule has 2 aromatic heterocycles. The van der Waals surface area contributed by atoms with Gasteiger partial charge in [-0.05, 0) is 64.4 Å². The van der Waals surface area contributed by atoms with E-state index in [9.17, 15) is 0 Å². The molecule has 3 rings (SSSR count). The van der Waals surface area contributed by atoms with Crippen LogP contribution in [0.5, 0.6) is 0 Å². The minimum atomic E-state index is 0.0271. The molecule has 4 nitrogen and oxygen atoms in total. The van der Waals surface area contributed by atoms with Crippen molar-refractivity contribution in [1.82, 2.24) is 14.6 Å². The van der Waals surface area contributed by atoms with Crippen molar-refractivity contribution in [2.24, 2.45) is 5.73 Å². The summed E-state index contributed by atoms with van der Waals surface area (Å²) in [6.45, 7) is 1.97. The molecule has 0 aliphatic heterocycles. The molecule has 0 saturated heterocycles. The van der Waals surface area contributed by atoms with Gasteiger partial charge in [0.2, 0.25) is 0 Å². The van der Waals surface area contributed by atoms with E-state index in [-0.39, 0.29) is 6.04 Å². The molecular formula is C14H13BrN4S. The summed E-state index contributed by atoms with van der Waals surface area (Å²) < 4.78 is 2.99. The van der Waals surface area contributed by atoms with Gasteiger partial charge in [0.1, 0.15) is 0 Å². The van der Waals surface area contributed by atoms with E-state index in [4.69, 9.17) is 5.73 Å². The predicted molar refractivity (Wildman–Crippen MR) is 83.9 cm³/mol. The number of fused-ring (bicyclic) bond motifs is 1. The molecule has 0 amide bonds. The van der Waals surface area contributed by atoms with Gasteiger partial charge >= 0.3 is 0 Å². The molecule has 3 aromatic rings. The molecule has 1 atom stereocenters. The fourth-order valence-corrected chi connectivity index (χ4v) is 3.33. The number of aromatic nitrogens is 3. The van der Waals surface area contributed by atoms with E-state index in [1.807, 2.05) is 41.8 Å². The summed E-state index contributed by atoms with van der Waals surface area (Å²) in [5.41, 5.74) is 7.84. The summed E-state index contributed by atoms with van der Waals surface area (Å²) in [4.78, 5) is 1.09. The van der Waals surface area contributed by atoms with Gasteiger partial charge in [-0.3, -0.25) is 4.40 Å². The normalized spacial score (nSPS) is 12.8. The molecule has 20 heavy (non-hydrogen) atoms. The first-order valence-corrected chi connectivity index (χ1v) is 7.79. The van der Waals surface area contributed by atoms with E-state index < -0.39 is 0 Å². The summed E-state index contributed by atoms with van der Waals surface area (Å²) >= 11 is 5.16. The highest BCUT2D eigenvalue weighted by Crippen LogP contribution is 2.34. The summed E-state index contributed by atoms with van der Waals surface area (Å²) in [5, 5.41) is 9.21. The van der Waals surface area contributed by atoms with Crippen molar-refractivity contribution in [3.63, 3.8) is 0 Å². The molecule has 0 spiro atoms. The summed E-state index contributed by atoms with van der Waals surface area (Å²) in [6, 6.07) is 12.0. The molecular weight excluding hydrogens is 336 g/mol. The second-order valence-electron chi connectivity index (χ2n) is 4.49. The van der Waals surface area contributed by atoms with Crippen LogP contribution < -0.4 is 5.73 Å². The molecule has 102 valence electrons. The topological polar surface area (TPSA) is 56.2 Å². The molecule has 0 fully saturated rings. The molecule has 0 bridgehead atoms. The Morgan fingerprint density at radius 3 is 2.85 bits per heavy atom. The molecule has 0 aliphatic rings. The van der Waals surface area contributed by atoms with Crippen molar-refractivity contribution >= 4 is 33.3 Å². The van der Waals surface area contributed by atoms with Crippen LogP contribution in [0.3, 0.4) is 0 Å². The van der Waals surface area contributed by atoms with E-state index in [1.54, 1.807) is 11.8 Å². The van der Waals surface area contributed by atoms with Gasteiger partial charge < -0.3 is 5.73 Å². The number of pyridine rings is 1. The number of hydrogen-bond donors (Lipinski definition) is 1. The molecule has 0 unspecified atom stereocenters. The van der Waals surface area contributed by atoms with Gasteiger partial charge in [-0.15, -0.1) is 10.2 Å². The minimum absolute atomic E-state index is 0.0271. The number of halogens is 1. The monoisotopic (exact) mass is 348 g/mol. The van der Waals surface area contributed by atoms with Crippen LogP contribution in [0.1, 0.15) is 18.5 Å². The van der Waals surface area contributed by atoms with E-state index >= 15 is 0 Å². The quantitative estimate of drug-likeness (QED) is 0.784. The Kier molecular flexibility index (Phi) is 3.78. The van der Waals surface area contributed by atoms with Gasteiger partial charge in [0.05, 0.1) is 0 Å². The minimum Gasteiger partial charge on any atom is -0.324 e. The lowest BCUT2D eigenvalue weighted by molar-refractivity contribution is 0.815. The first kappa shape index (κ1) is 13.6. The highest BCUT2D eigenvalue weighted by Gasteiger charge is 2.10. The second-order valence-corrected chi connectivity index (χ2v) is 6.36. The third-order valence-electron chi connectivity index (χ3n) is 2.97. The summed E-state index contributed by atoms with van der Waals surface area (Å²) in [5.74, 6) is 0. The summed E-state index contributed by atoms with van der Waals surface area (Å²) in [7, 11) is 0. The average molecular weight is 349 g/mol. The van der Waals surface area contributed by atoms with E-state index in [1.165, 1.54) is 0 Å². The van der Waals surface area contributed by atoms with Crippen molar-refractivity contribution in [3.8, 4) is 0 Å².